The van der Waals surface area contributed by atoms with Gasteiger partial charge >= 0.3 is 0 Å². The van der Waals surface area contributed by atoms with Crippen molar-refractivity contribution in [2.45, 2.75) is 306 Å². The first-order valence-electron chi connectivity index (χ1n) is 32.5. The van der Waals surface area contributed by atoms with Crippen LogP contribution in [0.1, 0.15) is 232 Å². The van der Waals surface area contributed by atoms with Crippen molar-refractivity contribution >= 4 is 5.91 Å². The van der Waals surface area contributed by atoms with E-state index in [1.165, 1.54) is 128 Å². The summed E-state index contributed by atoms with van der Waals surface area (Å²) >= 11 is 0. The average molecular weight is 1160 g/mol. The number of unbranched alkanes of at least 4 members (excludes halogenated alkanes) is 24. The molecule has 14 heteroatoms. The van der Waals surface area contributed by atoms with Crippen LogP contribution in [-0.4, -0.2) is 140 Å². The average Bonchev–Trinajstić information content (AvgIpc) is 3.22. The maximum atomic E-state index is 13.2. The molecular weight excluding hydrogens is 1040 g/mol. The Hall–Kier alpha value is -3.09. The van der Waals surface area contributed by atoms with Crippen LogP contribution in [0.15, 0.2) is 97.2 Å². The highest BCUT2D eigenvalue weighted by Crippen LogP contribution is 2.30. The van der Waals surface area contributed by atoms with Crippen LogP contribution in [0.25, 0.3) is 0 Å². The normalized spacial score (nSPS) is 24.6. The molecule has 2 saturated heterocycles. The molecule has 0 aromatic rings. The number of aliphatic hydroxyl groups is 8. The Kier molecular flexibility index (Phi) is 47.8. The summed E-state index contributed by atoms with van der Waals surface area (Å²) in [6.07, 6.45) is 56.3. The Morgan fingerprint density at radius 3 is 1.34 bits per heavy atom. The predicted octanol–water partition coefficient (Wildman–Crippen LogP) is 12.2. The van der Waals surface area contributed by atoms with Crippen LogP contribution in [0, 0.1) is 0 Å². The summed E-state index contributed by atoms with van der Waals surface area (Å²) < 4.78 is 22.7. The minimum Gasteiger partial charge on any atom is -0.394 e. The first-order valence-corrected chi connectivity index (χ1v) is 32.5. The topological polar surface area (TPSA) is 228 Å². The van der Waals surface area contributed by atoms with E-state index >= 15 is 0 Å². The quantitative estimate of drug-likeness (QED) is 0.0204. The third kappa shape index (κ3) is 36.7. The number of ether oxygens (including phenoxy) is 4. The first-order chi connectivity index (χ1) is 40.1. The molecule has 2 aliphatic heterocycles. The molecule has 0 radical (unpaired) electrons. The van der Waals surface area contributed by atoms with E-state index in [9.17, 15) is 45.6 Å². The number of carbonyl (C=O) groups is 1. The second-order valence-electron chi connectivity index (χ2n) is 22.5. The van der Waals surface area contributed by atoms with Crippen molar-refractivity contribution in [1.29, 1.82) is 0 Å². The Labute approximate surface area is 496 Å². The summed E-state index contributed by atoms with van der Waals surface area (Å²) in [5, 5.41) is 87.0. The van der Waals surface area contributed by atoms with Gasteiger partial charge in [0.25, 0.3) is 0 Å². The third-order valence-corrected chi connectivity index (χ3v) is 15.3. The van der Waals surface area contributed by atoms with Gasteiger partial charge < -0.3 is 65.1 Å². The van der Waals surface area contributed by atoms with Gasteiger partial charge in [-0.05, 0) is 83.5 Å². The summed E-state index contributed by atoms with van der Waals surface area (Å²) in [5.74, 6) is -0.252. The molecule has 0 aliphatic carbocycles. The van der Waals surface area contributed by atoms with Gasteiger partial charge in [0.1, 0.15) is 48.8 Å². The Bertz CT molecular complexity index is 1740. The van der Waals surface area contributed by atoms with Crippen LogP contribution in [-0.2, 0) is 23.7 Å². The molecule has 0 aromatic heterocycles. The molecule has 0 aromatic carbocycles. The van der Waals surface area contributed by atoms with Crippen molar-refractivity contribution in [1.82, 2.24) is 5.32 Å². The monoisotopic (exact) mass is 1160 g/mol. The molecule has 0 saturated carbocycles. The number of hydrogen-bond donors (Lipinski definition) is 9. The fourth-order valence-electron chi connectivity index (χ4n) is 10.1. The second kappa shape index (κ2) is 52.3. The summed E-state index contributed by atoms with van der Waals surface area (Å²) in [7, 11) is 0. The minimum atomic E-state index is -1.79. The van der Waals surface area contributed by atoms with Crippen LogP contribution in [0.5, 0.6) is 0 Å². The molecule has 14 nitrogen and oxygen atoms in total. The fourth-order valence-corrected chi connectivity index (χ4v) is 10.1. The highest BCUT2D eigenvalue weighted by atomic mass is 16.7. The van der Waals surface area contributed by atoms with Crippen molar-refractivity contribution in [3.8, 4) is 0 Å². The molecule has 0 bridgehead atoms. The summed E-state index contributed by atoms with van der Waals surface area (Å²) in [6, 6.07) is -0.933. The molecule has 1 amide bonds. The van der Waals surface area contributed by atoms with Gasteiger partial charge in [-0.2, -0.15) is 0 Å². The minimum absolute atomic E-state index is 0.252. The number of hydrogen-bond acceptors (Lipinski definition) is 13. The van der Waals surface area contributed by atoms with E-state index in [4.69, 9.17) is 18.9 Å². The molecule has 472 valence electrons. The highest BCUT2D eigenvalue weighted by Gasteiger charge is 2.51. The van der Waals surface area contributed by atoms with E-state index in [-0.39, 0.29) is 18.9 Å². The maximum absolute atomic E-state index is 13.2. The third-order valence-electron chi connectivity index (χ3n) is 15.3. The standard InChI is InChI=1S/C68H117NO13/c1-3-5-7-9-11-13-15-16-17-18-19-20-21-22-23-24-25-26-27-28-29-30-31-32-33-34-35-36-37-38-39-40-42-44-46-48-50-52-60(73)69-56(57(72)51-49-47-45-43-41-14-12-10-8-6-4-2)55-79-67-65(78)63(76)66(59(54-71)81-67)82-68-64(77)62(75)61(74)58(53-70)80-68/h5,7,11,13,16-17,19-20,22-23,25-26,41,43,49,51,56-59,61-68,70-72,74-78H,3-4,6,8-10,12,14-15,18,21,24,27-40,42,44-48,50,52-55H2,1-2H3,(H,69,73)/b7-5-,13-11-,17-16-,20-19-,23-22-,26-25-,43-41+,51-49+. The lowest BCUT2D eigenvalue weighted by Gasteiger charge is -2.46. The summed E-state index contributed by atoms with van der Waals surface area (Å²) in [6.45, 7) is 2.63. The summed E-state index contributed by atoms with van der Waals surface area (Å²) in [5.41, 5.74) is 0. The van der Waals surface area contributed by atoms with Gasteiger partial charge in [-0.15, -0.1) is 0 Å². The molecule has 2 heterocycles. The molecule has 12 unspecified atom stereocenters. The van der Waals surface area contributed by atoms with Crippen LogP contribution in [0.3, 0.4) is 0 Å². The van der Waals surface area contributed by atoms with Crippen LogP contribution >= 0.6 is 0 Å². The lowest BCUT2D eigenvalue weighted by atomic mass is 9.97. The Morgan fingerprint density at radius 1 is 0.451 bits per heavy atom. The lowest BCUT2D eigenvalue weighted by molar-refractivity contribution is -0.359. The van der Waals surface area contributed by atoms with Gasteiger partial charge in [0.05, 0.1) is 32.0 Å². The van der Waals surface area contributed by atoms with Crippen molar-refractivity contribution in [2.75, 3.05) is 19.8 Å². The zero-order valence-corrected chi connectivity index (χ0v) is 50.9. The molecule has 2 aliphatic rings. The van der Waals surface area contributed by atoms with Crippen molar-refractivity contribution in [2.24, 2.45) is 0 Å². The maximum Gasteiger partial charge on any atom is 0.220 e. The summed E-state index contributed by atoms with van der Waals surface area (Å²) in [4.78, 5) is 13.2. The number of amides is 1. The van der Waals surface area contributed by atoms with E-state index in [0.717, 1.165) is 70.6 Å². The van der Waals surface area contributed by atoms with E-state index in [1.54, 1.807) is 6.08 Å². The van der Waals surface area contributed by atoms with Crippen LogP contribution in [0.4, 0.5) is 0 Å². The Morgan fingerprint density at radius 2 is 0.854 bits per heavy atom. The van der Waals surface area contributed by atoms with Gasteiger partial charge in [-0.25, -0.2) is 0 Å². The van der Waals surface area contributed by atoms with Gasteiger partial charge in [0.2, 0.25) is 5.91 Å². The molecule has 0 spiro atoms. The fraction of sp³-hybridized carbons (Fsp3) is 0.750. The van der Waals surface area contributed by atoms with Gasteiger partial charge in [0, 0.05) is 6.42 Å². The lowest BCUT2D eigenvalue weighted by Crippen LogP contribution is -2.65. The Balaban J connectivity index is 1.59. The number of rotatable bonds is 51. The molecule has 2 fully saturated rings. The number of allylic oxidation sites excluding steroid dienone is 15. The first kappa shape index (κ1) is 75.0. The van der Waals surface area contributed by atoms with Crippen LogP contribution < -0.4 is 5.32 Å². The largest absolute Gasteiger partial charge is 0.394 e. The SMILES string of the molecule is CC/C=C\C/C=C\C/C=C\C/C=C\C/C=C\C/C=C\CCCCCCCCCCCCCCCCCCCCC(=O)NC(COC1OC(CO)C(OC2OC(CO)C(O)C(O)C2O)C(O)C1O)C(O)/C=C/CC/C=C/CCCCCCC. The number of aliphatic hydroxyl groups excluding tert-OH is 8. The second-order valence-corrected chi connectivity index (χ2v) is 22.5. The van der Waals surface area contributed by atoms with Gasteiger partial charge in [0.15, 0.2) is 12.6 Å². The molecule has 12 atom stereocenters. The molecule has 2 rings (SSSR count). The van der Waals surface area contributed by atoms with Crippen molar-refractivity contribution < 1.29 is 64.6 Å². The van der Waals surface area contributed by atoms with E-state index < -0.39 is 86.8 Å². The zero-order chi connectivity index (χ0) is 59.5. The van der Waals surface area contributed by atoms with Gasteiger partial charge in [-0.1, -0.05) is 239 Å². The molecule has 82 heavy (non-hydrogen) atoms. The molecule has 9 N–H and O–H groups in total. The van der Waals surface area contributed by atoms with E-state index in [2.05, 4.69) is 104 Å². The van der Waals surface area contributed by atoms with Crippen molar-refractivity contribution in [3.05, 3.63) is 97.2 Å². The molecular formula is C68H117NO13. The highest BCUT2D eigenvalue weighted by molar-refractivity contribution is 5.76. The predicted molar refractivity (Wildman–Crippen MR) is 332 cm³/mol. The van der Waals surface area contributed by atoms with E-state index in [1.807, 2.05) is 6.08 Å². The number of carbonyl (C=O) groups excluding carboxylic acids is 1. The van der Waals surface area contributed by atoms with E-state index in [0.29, 0.717) is 12.8 Å². The zero-order valence-electron chi connectivity index (χ0n) is 50.9. The smallest absolute Gasteiger partial charge is 0.220 e. The van der Waals surface area contributed by atoms with Crippen molar-refractivity contribution in [3.63, 3.8) is 0 Å². The van der Waals surface area contributed by atoms with Crippen LogP contribution in [0.2, 0.25) is 0 Å². The van der Waals surface area contributed by atoms with Gasteiger partial charge in [-0.3, -0.25) is 4.79 Å². The number of nitrogens with one attached hydrogen (secondary N) is 1.